The van der Waals surface area contributed by atoms with E-state index in [1.165, 1.54) is 19.3 Å². The van der Waals surface area contributed by atoms with Gasteiger partial charge in [0.1, 0.15) is 6.17 Å². The van der Waals surface area contributed by atoms with E-state index >= 15 is 0 Å². The lowest BCUT2D eigenvalue weighted by Gasteiger charge is -2.42. The molecule has 13 heavy (non-hydrogen) atoms. The van der Waals surface area contributed by atoms with Crippen LogP contribution in [0.4, 0.5) is 4.39 Å². The lowest BCUT2D eigenvalue weighted by Crippen LogP contribution is -2.38. The fourth-order valence-corrected chi connectivity index (χ4v) is 3.33. The van der Waals surface area contributed by atoms with Crippen LogP contribution in [-0.2, 0) is 0 Å². The topological polar surface area (TPSA) is 0 Å². The van der Waals surface area contributed by atoms with Crippen molar-refractivity contribution in [3.8, 4) is 0 Å². The highest BCUT2D eigenvalue weighted by Gasteiger charge is 2.40. The van der Waals surface area contributed by atoms with Gasteiger partial charge in [0.25, 0.3) is 0 Å². The molecule has 76 valence electrons. The number of rotatable bonds is 0. The minimum Gasteiger partial charge on any atom is -0.247 e. The molecule has 1 heteroatoms. The zero-order chi connectivity index (χ0) is 9.42. The normalized spacial score (nSPS) is 51.5. The standard InChI is InChI=1S/C12H21F/c1-8-3-6-11-10(7-8)5-4-9(2)12(11)13/h8-12H,3-7H2,1-2H3. The third kappa shape index (κ3) is 1.75. The number of alkyl halides is 1. The highest BCUT2D eigenvalue weighted by Crippen LogP contribution is 2.45. The zero-order valence-electron chi connectivity index (χ0n) is 8.80. The molecule has 0 nitrogen and oxygen atoms in total. The van der Waals surface area contributed by atoms with Gasteiger partial charge in [0.2, 0.25) is 0 Å². The van der Waals surface area contributed by atoms with Gasteiger partial charge in [-0.15, -0.1) is 0 Å². The molecule has 2 aliphatic rings. The molecule has 0 heterocycles. The minimum absolute atomic E-state index is 0.328. The van der Waals surface area contributed by atoms with E-state index in [2.05, 4.69) is 13.8 Å². The summed E-state index contributed by atoms with van der Waals surface area (Å²) in [5.74, 6) is 2.31. The van der Waals surface area contributed by atoms with Gasteiger partial charge in [0, 0.05) is 0 Å². The molecule has 0 saturated heterocycles. The minimum atomic E-state index is -0.494. The van der Waals surface area contributed by atoms with Crippen LogP contribution >= 0.6 is 0 Å². The molecule has 0 aromatic rings. The number of hydrogen-bond acceptors (Lipinski definition) is 0. The lowest BCUT2D eigenvalue weighted by atomic mass is 9.64. The van der Waals surface area contributed by atoms with Crippen LogP contribution < -0.4 is 0 Å². The highest BCUT2D eigenvalue weighted by atomic mass is 19.1. The van der Waals surface area contributed by atoms with Crippen molar-refractivity contribution in [2.45, 2.75) is 52.1 Å². The van der Waals surface area contributed by atoms with Gasteiger partial charge in [-0.05, 0) is 49.4 Å². The summed E-state index contributed by atoms with van der Waals surface area (Å²) in [6.45, 7) is 4.40. The van der Waals surface area contributed by atoms with Crippen LogP contribution in [-0.4, -0.2) is 6.17 Å². The molecule has 0 bridgehead atoms. The molecule has 0 N–H and O–H groups in total. The third-order valence-electron chi connectivity index (χ3n) is 4.25. The Balaban J connectivity index is 2.02. The Morgan fingerprint density at radius 3 is 2.54 bits per heavy atom. The van der Waals surface area contributed by atoms with Crippen molar-refractivity contribution in [2.75, 3.05) is 0 Å². The molecule has 0 radical (unpaired) electrons. The summed E-state index contributed by atoms with van der Waals surface area (Å²) >= 11 is 0. The fourth-order valence-electron chi connectivity index (χ4n) is 3.33. The average molecular weight is 184 g/mol. The third-order valence-corrected chi connectivity index (χ3v) is 4.25. The molecule has 0 aromatic heterocycles. The van der Waals surface area contributed by atoms with Crippen molar-refractivity contribution < 1.29 is 4.39 Å². The smallest absolute Gasteiger partial charge is 0.106 e. The summed E-state index contributed by atoms with van der Waals surface area (Å²) in [5, 5.41) is 0. The summed E-state index contributed by atoms with van der Waals surface area (Å²) in [6.07, 6.45) is 5.61. The van der Waals surface area contributed by atoms with Crippen LogP contribution in [0.1, 0.15) is 46.0 Å². The Kier molecular flexibility index (Phi) is 2.62. The Morgan fingerprint density at radius 2 is 1.77 bits per heavy atom. The first-order valence-electron chi connectivity index (χ1n) is 5.82. The Bertz CT molecular complexity index is 178. The van der Waals surface area contributed by atoms with Gasteiger partial charge in [-0.1, -0.05) is 20.3 Å². The van der Waals surface area contributed by atoms with Crippen molar-refractivity contribution in [1.82, 2.24) is 0 Å². The SMILES string of the molecule is CC1CCC2C(CCC(C)C2F)C1. The van der Waals surface area contributed by atoms with Crippen molar-refractivity contribution in [1.29, 1.82) is 0 Å². The lowest BCUT2D eigenvalue weighted by molar-refractivity contribution is 0.0190. The van der Waals surface area contributed by atoms with Gasteiger partial charge in [-0.3, -0.25) is 0 Å². The summed E-state index contributed by atoms with van der Waals surface area (Å²) in [7, 11) is 0. The zero-order valence-corrected chi connectivity index (χ0v) is 8.80. The molecule has 5 unspecified atom stereocenters. The molecule has 2 aliphatic carbocycles. The largest absolute Gasteiger partial charge is 0.247 e. The van der Waals surface area contributed by atoms with Crippen LogP contribution in [0.5, 0.6) is 0 Å². The van der Waals surface area contributed by atoms with E-state index in [4.69, 9.17) is 0 Å². The van der Waals surface area contributed by atoms with Crippen molar-refractivity contribution >= 4 is 0 Å². The maximum atomic E-state index is 13.8. The van der Waals surface area contributed by atoms with Crippen LogP contribution in [0.15, 0.2) is 0 Å². The molecule has 0 amide bonds. The van der Waals surface area contributed by atoms with Crippen molar-refractivity contribution in [3.05, 3.63) is 0 Å². The summed E-state index contributed by atoms with van der Waals surface area (Å²) in [4.78, 5) is 0. The first-order chi connectivity index (χ1) is 6.18. The number of halogens is 1. The van der Waals surface area contributed by atoms with Crippen molar-refractivity contribution in [3.63, 3.8) is 0 Å². The van der Waals surface area contributed by atoms with E-state index in [9.17, 15) is 4.39 Å². The molecule has 2 fully saturated rings. The van der Waals surface area contributed by atoms with E-state index in [0.717, 1.165) is 24.7 Å². The molecule has 0 aliphatic heterocycles. The van der Waals surface area contributed by atoms with Gasteiger partial charge in [-0.25, -0.2) is 4.39 Å². The van der Waals surface area contributed by atoms with Crippen molar-refractivity contribution in [2.24, 2.45) is 23.7 Å². The second-order valence-electron chi connectivity index (χ2n) is 5.34. The number of hydrogen-bond donors (Lipinski definition) is 0. The summed E-state index contributed by atoms with van der Waals surface area (Å²) < 4.78 is 13.8. The van der Waals surface area contributed by atoms with E-state index in [0.29, 0.717) is 11.8 Å². The average Bonchev–Trinajstić information content (AvgIpc) is 2.12. The first-order valence-corrected chi connectivity index (χ1v) is 5.82. The van der Waals surface area contributed by atoms with Gasteiger partial charge >= 0.3 is 0 Å². The summed E-state index contributed by atoms with van der Waals surface area (Å²) in [5.41, 5.74) is 0. The maximum absolute atomic E-state index is 13.8. The maximum Gasteiger partial charge on any atom is 0.106 e. The molecule has 2 saturated carbocycles. The van der Waals surface area contributed by atoms with Gasteiger partial charge in [-0.2, -0.15) is 0 Å². The number of fused-ring (bicyclic) bond motifs is 1. The second-order valence-corrected chi connectivity index (χ2v) is 5.34. The monoisotopic (exact) mass is 184 g/mol. The van der Waals surface area contributed by atoms with Crippen LogP contribution in [0.2, 0.25) is 0 Å². The van der Waals surface area contributed by atoms with E-state index in [1.807, 2.05) is 0 Å². The first kappa shape index (κ1) is 9.48. The van der Waals surface area contributed by atoms with E-state index < -0.39 is 6.17 Å². The molecule has 0 aromatic carbocycles. The molecular weight excluding hydrogens is 163 g/mol. The molecule has 0 spiro atoms. The van der Waals surface area contributed by atoms with Crippen LogP contribution in [0, 0.1) is 23.7 Å². The predicted octanol–water partition coefficient (Wildman–Crippen LogP) is 3.81. The van der Waals surface area contributed by atoms with E-state index in [1.54, 1.807) is 0 Å². The fraction of sp³-hybridized carbons (Fsp3) is 1.00. The van der Waals surface area contributed by atoms with Crippen LogP contribution in [0.25, 0.3) is 0 Å². The van der Waals surface area contributed by atoms with E-state index in [-0.39, 0.29) is 0 Å². The molecule has 5 atom stereocenters. The second kappa shape index (κ2) is 3.59. The molecule has 2 rings (SSSR count). The Labute approximate surface area is 80.9 Å². The highest BCUT2D eigenvalue weighted by molar-refractivity contribution is 4.89. The van der Waals surface area contributed by atoms with Gasteiger partial charge in [0.05, 0.1) is 0 Å². The molecular formula is C12H21F. The summed E-state index contributed by atoms with van der Waals surface area (Å²) in [6, 6.07) is 0. The Morgan fingerprint density at radius 1 is 1.00 bits per heavy atom. The van der Waals surface area contributed by atoms with Crippen LogP contribution in [0.3, 0.4) is 0 Å². The van der Waals surface area contributed by atoms with Gasteiger partial charge in [0.15, 0.2) is 0 Å². The van der Waals surface area contributed by atoms with Gasteiger partial charge < -0.3 is 0 Å². The Hall–Kier alpha value is -0.0700. The predicted molar refractivity (Wildman–Crippen MR) is 53.3 cm³/mol. The quantitative estimate of drug-likeness (QED) is 0.537.